The van der Waals surface area contributed by atoms with Crippen molar-refractivity contribution in [3.05, 3.63) is 48.3 Å². The summed E-state index contributed by atoms with van der Waals surface area (Å²) in [5.41, 5.74) is 1.50. The van der Waals surface area contributed by atoms with Crippen LogP contribution in [0.25, 0.3) is 0 Å². The van der Waals surface area contributed by atoms with Gasteiger partial charge in [-0.05, 0) is 24.3 Å². The minimum atomic E-state index is -4.67. The van der Waals surface area contributed by atoms with Crippen molar-refractivity contribution in [3.8, 4) is 5.75 Å². The summed E-state index contributed by atoms with van der Waals surface area (Å²) in [6, 6.07) is 9.46. The van der Waals surface area contributed by atoms with E-state index in [2.05, 4.69) is 15.0 Å². The molecule has 2 N–H and O–H groups in total. The quantitative estimate of drug-likeness (QED) is 0.878. The number of hydrogen-bond donors (Lipinski definition) is 2. The van der Waals surface area contributed by atoms with Gasteiger partial charge in [0, 0.05) is 23.6 Å². The molecule has 0 bridgehead atoms. The van der Waals surface area contributed by atoms with E-state index in [-0.39, 0.29) is 5.75 Å². The summed E-state index contributed by atoms with van der Waals surface area (Å²) in [6.45, 7) is 0.502. The zero-order valence-corrected chi connectivity index (χ0v) is 9.29. The van der Waals surface area contributed by atoms with Crippen LogP contribution in [0.4, 0.5) is 18.9 Å². The van der Waals surface area contributed by atoms with Gasteiger partial charge in [0.25, 0.3) is 0 Å². The average molecular weight is 256 g/mol. The van der Waals surface area contributed by atoms with Crippen LogP contribution in [0.15, 0.2) is 42.6 Å². The van der Waals surface area contributed by atoms with Crippen molar-refractivity contribution in [2.75, 3.05) is 5.32 Å². The SMILES string of the molecule is FC(F)(F)Oc1cccc(NCc2ccc[nH]2)c1. The third kappa shape index (κ3) is 3.73. The summed E-state index contributed by atoms with van der Waals surface area (Å²) in [4.78, 5) is 2.99. The van der Waals surface area contributed by atoms with Crippen molar-refractivity contribution in [3.63, 3.8) is 0 Å². The van der Waals surface area contributed by atoms with Crippen LogP contribution in [0.3, 0.4) is 0 Å². The fourth-order valence-corrected chi connectivity index (χ4v) is 1.48. The van der Waals surface area contributed by atoms with Crippen molar-refractivity contribution in [1.29, 1.82) is 0 Å². The lowest BCUT2D eigenvalue weighted by Crippen LogP contribution is -2.17. The molecule has 1 aromatic heterocycles. The molecule has 0 amide bonds. The number of anilines is 1. The van der Waals surface area contributed by atoms with Gasteiger partial charge in [0.1, 0.15) is 5.75 Å². The first-order valence-corrected chi connectivity index (χ1v) is 5.25. The second-order valence-electron chi connectivity index (χ2n) is 3.62. The molecule has 2 rings (SSSR count). The van der Waals surface area contributed by atoms with Crippen molar-refractivity contribution in [1.82, 2.24) is 4.98 Å². The Labute approximate surface area is 102 Å². The molecule has 0 aliphatic rings. The molecule has 3 nitrogen and oxygen atoms in total. The number of aromatic amines is 1. The molecular formula is C12H11F3N2O. The van der Waals surface area contributed by atoms with Crippen LogP contribution in [-0.4, -0.2) is 11.3 Å². The summed E-state index contributed by atoms with van der Waals surface area (Å²) < 4.78 is 39.9. The van der Waals surface area contributed by atoms with Gasteiger partial charge in [-0.3, -0.25) is 0 Å². The standard InChI is InChI=1S/C12H11F3N2O/c13-12(14,15)18-11-5-1-3-9(7-11)17-8-10-4-2-6-16-10/h1-7,16-17H,8H2. The van der Waals surface area contributed by atoms with Gasteiger partial charge in [-0.2, -0.15) is 0 Å². The first-order chi connectivity index (χ1) is 8.53. The van der Waals surface area contributed by atoms with Crippen LogP contribution >= 0.6 is 0 Å². The van der Waals surface area contributed by atoms with Crippen LogP contribution in [0, 0.1) is 0 Å². The Balaban J connectivity index is 1.99. The average Bonchev–Trinajstić information content (AvgIpc) is 2.77. The monoisotopic (exact) mass is 256 g/mol. The Morgan fingerprint density at radius 3 is 2.67 bits per heavy atom. The van der Waals surface area contributed by atoms with E-state index >= 15 is 0 Å². The zero-order chi connectivity index (χ0) is 13.0. The van der Waals surface area contributed by atoms with E-state index in [1.54, 1.807) is 12.3 Å². The maximum Gasteiger partial charge on any atom is 0.573 e. The topological polar surface area (TPSA) is 37.0 Å². The normalized spacial score (nSPS) is 11.3. The first kappa shape index (κ1) is 12.3. The van der Waals surface area contributed by atoms with Gasteiger partial charge in [-0.1, -0.05) is 6.07 Å². The van der Waals surface area contributed by atoms with Crippen LogP contribution in [-0.2, 0) is 6.54 Å². The molecule has 96 valence electrons. The summed E-state index contributed by atoms with van der Waals surface area (Å²) in [5.74, 6) is -0.237. The highest BCUT2D eigenvalue weighted by Gasteiger charge is 2.31. The third-order valence-electron chi connectivity index (χ3n) is 2.21. The number of benzene rings is 1. The van der Waals surface area contributed by atoms with Crippen LogP contribution in [0.1, 0.15) is 5.69 Å². The fourth-order valence-electron chi connectivity index (χ4n) is 1.48. The van der Waals surface area contributed by atoms with E-state index in [0.29, 0.717) is 12.2 Å². The maximum absolute atomic E-state index is 12.0. The third-order valence-corrected chi connectivity index (χ3v) is 2.21. The highest BCUT2D eigenvalue weighted by Crippen LogP contribution is 2.25. The number of H-pyrrole nitrogens is 1. The maximum atomic E-state index is 12.0. The summed E-state index contributed by atoms with van der Waals surface area (Å²) >= 11 is 0. The molecule has 6 heteroatoms. The minimum absolute atomic E-state index is 0.237. The van der Waals surface area contributed by atoms with Crippen molar-refractivity contribution in [2.45, 2.75) is 12.9 Å². The van der Waals surface area contributed by atoms with Crippen molar-refractivity contribution >= 4 is 5.69 Å². The lowest BCUT2D eigenvalue weighted by molar-refractivity contribution is -0.274. The molecule has 0 aliphatic carbocycles. The summed E-state index contributed by atoms with van der Waals surface area (Å²) in [7, 11) is 0. The Hall–Kier alpha value is -2.11. The van der Waals surface area contributed by atoms with Crippen LogP contribution in [0.2, 0.25) is 0 Å². The molecule has 0 radical (unpaired) electrons. The molecule has 0 atom stereocenters. The molecule has 18 heavy (non-hydrogen) atoms. The number of ether oxygens (including phenoxy) is 1. The number of halogens is 3. The van der Waals surface area contributed by atoms with Gasteiger partial charge < -0.3 is 15.0 Å². The van der Waals surface area contributed by atoms with E-state index in [4.69, 9.17) is 0 Å². The molecule has 2 aromatic rings. The molecule has 0 saturated heterocycles. The van der Waals surface area contributed by atoms with Crippen LogP contribution in [0.5, 0.6) is 5.75 Å². The first-order valence-electron chi connectivity index (χ1n) is 5.25. The lowest BCUT2D eigenvalue weighted by Gasteiger charge is -2.10. The summed E-state index contributed by atoms with van der Waals surface area (Å²) in [5, 5.41) is 2.99. The highest BCUT2D eigenvalue weighted by atomic mass is 19.4. The number of alkyl halides is 3. The van der Waals surface area contributed by atoms with Gasteiger partial charge in [0.15, 0.2) is 0 Å². The van der Waals surface area contributed by atoms with E-state index in [9.17, 15) is 13.2 Å². The molecule has 1 aromatic carbocycles. The van der Waals surface area contributed by atoms with Gasteiger partial charge in [-0.15, -0.1) is 13.2 Å². The van der Waals surface area contributed by atoms with Crippen LogP contribution < -0.4 is 10.1 Å². The predicted octanol–water partition coefficient (Wildman–Crippen LogP) is 3.53. The smallest absolute Gasteiger partial charge is 0.406 e. The minimum Gasteiger partial charge on any atom is -0.406 e. The Kier molecular flexibility index (Phi) is 3.45. The highest BCUT2D eigenvalue weighted by molar-refractivity contribution is 5.48. The van der Waals surface area contributed by atoms with Crippen molar-refractivity contribution < 1.29 is 17.9 Å². The zero-order valence-electron chi connectivity index (χ0n) is 9.29. The molecular weight excluding hydrogens is 245 g/mol. The molecule has 1 heterocycles. The molecule has 0 spiro atoms. The van der Waals surface area contributed by atoms with Gasteiger partial charge in [0.05, 0.1) is 6.54 Å². The Bertz CT molecular complexity index is 494. The van der Waals surface area contributed by atoms with E-state index in [0.717, 1.165) is 5.69 Å². The second-order valence-corrected chi connectivity index (χ2v) is 3.62. The summed E-state index contributed by atoms with van der Waals surface area (Å²) in [6.07, 6.45) is -2.89. The molecule has 0 aliphatic heterocycles. The molecule has 0 unspecified atom stereocenters. The number of hydrogen-bond acceptors (Lipinski definition) is 2. The number of nitrogens with one attached hydrogen (secondary N) is 2. The van der Waals surface area contributed by atoms with Crippen molar-refractivity contribution in [2.24, 2.45) is 0 Å². The molecule has 0 saturated carbocycles. The second kappa shape index (κ2) is 5.03. The lowest BCUT2D eigenvalue weighted by atomic mass is 10.3. The van der Waals surface area contributed by atoms with E-state index in [1.807, 2.05) is 12.1 Å². The largest absolute Gasteiger partial charge is 0.573 e. The Morgan fingerprint density at radius 2 is 2.00 bits per heavy atom. The number of rotatable bonds is 4. The van der Waals surface area contributed by atoms with Gasteiger partial charge in [-0.25, -0.2) is 0 Å². The van der Waals surface area contributed by atoms with E-state index in [1.165, 1.54) is 18.2 Å². The van der Waals surface area contributed by atoms with Gasteiger partial charge in [0.2, 0.25) is 0 Å². The Morgan fingerprint density at radius 1 is 1.17 bits per heavy atom. The molecule has 0 fully saturated rings. The fraction of sp³-hybridized carbons (Fsp3) is 0.167. The van der Waals surface area contributed by atoms with Gasteiger partial charge >= 0.3 is 6.36 Å². The predicted molar refractivity (Wildman–Crippen MR) is 61.2 cm³/mol. The number of aromatic nitrogens is 1. The van der Waals surface area contributed by atoms with E-state index < -0.39 is 6.36 Å².